The normalized spacial score (nSPS) is 26.4. The molecule has 0 amide bonds. The first-order valence-electron chi connectivity index (χ1n) is 7.66. The molecule has 0 bridgehead atoms. The predicted molar refractivity (Wildman–Crippen MR) is 80.8 cm³/mol. The summed E-state index contributed by atoms with van der Waals surface area (Å²) in [5.41, 5.74) is 2.57. The van der Waals surface area contributed by atoms with E-state index in [1.807, 2.05) is 25.2 Å². The average Bonchev–Trinajstić information content (AvgIpc) is 2.94. The van der Waals surface area contributed by atoms with E-state index in [0.717, 1.165) is 44.9 Å². The van der Waals surface area contributed by atoms with E-state index in [4.69, 9.17) is 0 Å². The summed E-state index contributed by atoms with van der Waals surface area (Å²) in [7, 11) is -1.33. The van der Waals surface area contributed by atoms with Gasteiger partial charge in [-0.15, -0.1) is 0 Å². The number of sulfone groups is 1. The summed E-state index contributed by atoms with van der Waals surface area (Å²) < 4.78 is 25.8. The Bertz CT molecular complexity index is 594. The van der Waals surface area contributed by atoms with Crippen LogP contribution >= 0.6 is 0 Å². The Kier molecular flexibility index (Phi) is 3.87. The first-order valence-corrected chi connectivity index (χ1v) is 9.20. The van der Waals surface area contributed by atoms with E-state index < -0.39 is 9.84 Å². The van der Waals surface area contributed by atoms with Crippen molar-refractivity contribution in [3.05, 3.63) is 29.3 Å². The van der Waals surface area contributed by atoms with Gasteiger partial charge in [-0.3, -0.25) is 0 Å². The van der Waals surface area contributed by atoms with Crippen molar-refractivity contribution >= 4 is 9.84 Å². The number of hydrogen-bond donors (Lipinski definition) is 1. The maximum atomic E-state index is 12.9. The van der Waals surface area contributed by atoms with Crippen LogP contribution in [0.1, 0.15) is 43.2 Å². The number of benzene rings is 1. The molecule has 0 spiro atoms. The molecule has 0 aliphatic heterocycles. The van der Waals surface area contributed by atoms with E-state index in [2.05, 4.69) is 5.32 Å². The van der Waals surface area contributed by atoms with Crippen molar-refractivity contribution in [3.63, 3.8) is 0 Å². The van der Waals surface area contributed by atoms with Gasteiger partial charge in [0, 0.05) is 6.04 Å². The molecule has 3 rings (SSSR count). The minimum absolute atomic E-state index is 0.0991. The van der Waals surface area contributed by atoms with Gasteiger partial charge in [0.1, 0.15) is 0 Å². The van der Waals surface area contributed by atoms with Gasteiger partial charge < -0.3 is 5.32 Å². The maximum Gasteiger partial charge on any atom is 0.182 e. The molecule has 2 atom stereocenters. The van der Waals surface area contributed by atoms with E-state index in [9.17, 15) is 8.42 Å². The van der Waals surface area contributed by atoms with E-state index in [0.29, 0.717) is 4.90 Å². The van der Waals surface area contributed by atoms with Crippen LogP contribution in [0.2, 0.25) is 0 Å². The fourth-order valence-electron chi connectivity index (χ4n) is 3.70. The first-order chi connectivity index (χ1) is 9.63. The number of rotatable bonds is 3. The topological polar surface area (TPSA) is 46.2 Å². The Morgan fingerprint density at radius 1 is 1.05 bits per heavy atom. The zero-order chi connectivity index (χ0) is 14.2. The number of hydrogen-bond acceptors (Lipinski definition) is 3. The van der Waals surface area contributed by atoms with E-state index in [1.54, 1.807) is 0 Å². The van der Waals surface area contributed by atoms with Crippen molar-refractivity contribution in [2.24, 2.45) is 0 Å². The second-order valence-electron chi connectivity index (χ2n) is 6.05. The molecule has 110 valence electrons. The van der Waals surface area contributed by atoms with Crippen LogP contribution in [0.4, 0.5) is 0 Å². The van der Waals surface area contributed by atoms with Gasteiger partial charge in [0.05, 0.1) is 10.1 Å². The van der Waals surface area contributed by atoms with Crippen molar-refractivity contribution in [2.75, 3.05) is 7.05 Å². The van der Waals surface area contributed by atoms with Crippen LogP contribution in [0.15, 0.2) is 23.1 Å². The summed E-state index contributed by atoms with van der Waals surface area (Å²) >= 11 is 0. The molecule has 3 nitrogen and oxygen atoms in total. The molecular formula is C16H23NO2S. The largest absolute Gasteiger partial charge is 0.316 e. The van der Waals surface area contributed by atoms with Crippen molar-refractivity contribution in [1.82, 2.24) is 5.32 Å². The standard InChI is InChI=1S/C16H23NO2S/c1-17-15-7-2-3-8-16(15)20(18,19)14-10-9-12-5-4-6-13(12)11-14/h9-11,15-17H,2-8H2,1H3. The molecular weight excluding hydrogens is 270 g/mol. The van der Waals surface area contributed by atoms with Crippen LogP contribution in [-0.2, 0) is 22.7 Å². The van der Waals surface area contributed by atoms with Gasteiger partial charge in [0.2, 0.25) is 0 Å². The number of nitrogens with one attached hydrogen (secondary N) is 1. The van der Waals surface area contributed by atoms with Crippen molar-refractivity contribution in [2.45, 2.75) is 61.1 Å². The molecule has 20 heavy (non-hydrogen) atoms. The highest BCUT2D eigenvalue weighted by Crippen LogP contribution is 2.31. The predicted octanol–water partition coefficient (Wildman–Crippen LogP) is 2.48. The summed E-state index contributed by atoms with van der Waals surface area (Å²) in [5.74, 6) is 0. The third-order valence-corrected chi connectivity index (χ3v) is 7.14. The molecule has 2 aliphatic carbocycles. The zero-order valence-corrected chi connectivity index (χ0v) is 12.9. The maximum absolute atomic E-state index is 12.9. The van der Waals surface area contributed by atoms with Crippen LogP contribution < -0.4 is 5.32 Å². The fourth-order valence-corrected chi connectivity index (χ4v) is 5.79. The average molecular weight is 293 g/mol. The molecule has 1 N–H and O–H groups in total. The molecule has 1 aromatic rings. The Hall–Kier alpha value is -0.870. The van der Waals surface area contributed by atoms with Crippen LogP contribution in [-0.4, -0.2) is 26.8 Å². The molecule has 1 fully saturated rings. The van der Waals surface area contributed by atoms with Gasteiger partial charge in [-0.1, -0.05) is 18.9 Å². The van der Waals surface area contributed by atoms with Gasteiger partial charge >= 0.3 is 0 Å². The quantitative estimate of drug-likeness (QED) is 0.931. The van der Waals surface area contributed by atoms with Gasteiger partial charge in [0.25, 0.3) is 0 Å². The highest BCUT2D eigenvalue weighted by atomic mass is 32.2. The lowest BCUT2D eigenvalue weighted by Gasteiger charge is -2.31. The van der Waals surface area contributed by atoms with Crippen molar-refractivity contribution < 1.29 is 8.42 Å². The lowest BCUT2D eigenvalue weighted by Crippen LogP contribution is -2.44. The van der Waals surface area contributed by atoms with E-state index >= 15 is 0 Å². The Balaban J connectivity index is 1.94. The van der Waals surface area contributed by atoms with Crippen molar-refractivity contribution in [1.29, 1.82) is 0 Å². The summed E-state index contributed by atoms with van der Waals surface area (Å²) in [5, 5.41) is 2.94. The number of aryl methyl sites for hydroxylation is 2. The smallest absolute Gasteiger partial charge is 0.182 e. The minimum Gasteiger partial charge on any atom is -0.316 e. The Morgan fingerprint density at radius 2 is 1.80 bits per heavy atom. The third kappa shape index (κ3) is 2.40. The zero-order valence-electron chi connectivity index (χ0n) is 12.1. The second-order valence-corrected chi connectivity index (χ2v) is 8.21. The number of fused-ring (bicyclic) bond motifs is 1. The lowest BCUT2D eigenvalue weighted by atomic mass is 9.95. The lowest BCUT2D eigenvalue weighted by molar-refractivity contribution is 0.389. The molecule has 0 heterocycles. The Labute approximate surface area is 121 Å². The molecule has 4 heteroatoms. The Morgan fingerprint density at radius 3 is 2.60 bits per heavy atom. The summed E-state index contributed by atoms with van der Waals surface area (Å²) in [4.78, 5) is 0.533. The van der Waals surface area contributed by atoms with E-state index in [-0.39, 0.29) is 11.3 Å². The molecule has 0 radical (unpaired) electrons. The third-order valence-electron chi connectivity index (χ3n) is 4.87. The van der Waals surface area contributed by atoms with Crippen LogP contribution in [0.3, 0.4) is 0 Å². The second kappa shape index (κ2) is 5.49. The minimum atomic E-state index is -3.21. The van der Waals surface area contributed by atoms with Crippen molar-refractivity contribution in [3.8, 4) is 0 Å². The van der Waals surface area contributed by atoms with Crippen LogP contribution in [0.25, 0.3) is 0 Å². The SMILES string of the molecule is CNC1CCCCC1S(=O)(=O)c1ccc2c(c1)CCC2. The van der Waals surface area contributed by atoms with E-state index in [1.165, 1.54) is 11.1 Å². The molecule has 0 saturated heterocycles. The monoisotopic (exact) mass is 293 g/mol. The molecule has 2 unspecified atom stereocenters. The van der Waals surface area contributed by atoms with Gasteiger partial charge in [-0.25, -0.2) is 8.42 Å². The highest BCUT2D eigenvalue weighted by Gasteiger charge is 2.36. The van der Waals surface area contributed by atoms with Crippen LogP contribution in [0, 0.1) is 0 Å². The van der Waals surface area contributed by atoms with Gasteiger partial charge in [0.15, 0.2) is 9.84 Å². The fraction of sp³-hybridized carbons (Fsp3) is 0.625. The summed E-state index contributed by atoms with van der Waals surface area (Å²) in [6, 6.07) is 5.87. The molecule has 2 aliphatic rings. The first kappa shape index (κ1) is 14.1. The highest BCUT2D eigenvalue weighted by molar-refractivity contribution is 7.92. The summed E-state index contributed by atoms with van der Waals surface area (Å²) in [6.45, 7) is 0. The van der Waals surface area contributed by atoms with Crippen LogP contribution in [0.5, 0.6) is 0 Å². The summed E-state index contributed by atoms with van der Waals surface area (Å²) in [6.07, 6.45) is 7.17. The molecule has 1 aromatic carbocycles. The molecule has 1 saturated carbocycles. The van der Waals surface area contributed by atoms with Gasteiger partial charge in [-0.05, 0) is 62.4 Å². The molecule has 0 aromatic heterocycles. The van der Waals surface area contributed by atoms with Gasteiger partial charge in [-0.2, -0.15) is 0 Å².